The van der Waals surface area contributed by atoms with Gasteiger partial charge < -0.3 is 0 Å². The average molecular weight is 342 g/mol. The van der Waals surface area contributed by atoms with Gasteiger partial charge in [0.25, 0.3) is 0 Å². The van der Waals surface area contributed by atoms with Gasteiger partial charge in [-0.15, -0.1) is 22.7 Å². The molecule has 0 radical (unpaired) electrons. The third-order valence-corrected chi connectivity index (χ3v) is 6.47. The van der Waals surface area contributed by atoms with E-state index in [4.69, 9.17) is 0 Å². The first-order valence-corrected chi connectivity index (χ1v) is 9.65. The molecule has 0 aliphatic carbocycles. The van der Waals surface area contributed by atoms with Crippen molar-refractivity contribution in [3.63, 3.8) is 0 Å². The van der Waals surface area contributed by atoms with Gasteiger partial charge in [0, 0.05) is 25.4 Å². The molecule has 114 valence electrons. The maximum atomic E-state index is 2.27. The fourth-order valence-electron chi connectivity index (χ4n) is 3.32. The van der Waals surface area contributed by atoms with Gasteiger partial charge in [0.1, 0.15) is 0 Å². The zero-order valence-corrected chi connectivity index (χ0v) is 14.5. The molecule has 0 saturated carbocycles. The summed E-state index contributed by atoms with van der Waals surface area (Å²) in [6, 6.07) is 28.3. The van der Waals surface area contributed by atoms with E-state index in [1.807, 2.05) is 22.7 Å². The molecule has 0 spiro atoms. The normalized spacial score (nSPS) is 11.3. The predicted molar refractivity (Wildman–Crippen MR) is 108 cm³/mol. The Hall–Kier alpha value is -2.42. The Morgan fingerprint density at radius 2 is 1.50 bits per heavy atom. The quantitative estimate of drug-likeness (QED) is 0.312. The SMILES string of the molecule is c1ccc(-c2sc3ccc4ccccc4c3c2-c2cccs2)cc1. The highest BCUT2D eigenvalue weighted by Gasteiger charge is 2.18. The minimum atomic E-state index is 1.30. The lowest BCUT2D eigenvalue weighted by Crippen LogP contribution is -1.79. The van der Waals surface area contributed by atoms with E-state index in [2.05, 4.69) is 84.2 Å². The molecule has 2 heterocycles. The maximum Gasteiger partial charge on any atom is 0.0442 e. The van der Waals surface area contributed by atoms with Gasteiger partial charge in [-0.1, -0.05) is 66.7 Å². The van der Waals surface area contributed by atoms with Gasteiger partial charge in [0.15, 0.2) is 0 Å². The van der Waals surface area contributed by atoms with Crippen LogP contribution in [0.1, 0.15) is 0 Å². The molecule has 0 bridgehead atoms. The number of rotatable bonds is 2. The van der Waals surface area contributed by atoms with Crippen LogP contribution in [0.4, 0.5) is 0 Å². The first-order valence-electron chi connectivity index (χ1n) is 7.95. The van der Waals surface area contributed by atoms with Gasteiger partial charge in [-0.2, -0.15) is 0 Å². The van der Waals surface area contributed by atoms with E-state index in [0.717, 1.165) is 0 Å². The lowest BCUT2D eigenvalue weighted by Gasteiger charge is -2.05. The average Bonchev–Trinajstić information content (AvgIpc) is 3.29. The second kappa shape index (κ2) is 5.59. The fourth-order valence-corrected chi connectivity index (χ4v) is 5.40. The van der Waals surface area contributed by atoms with Gasteiger partial charge in [-0.25, -0.2) is 0 Å². The molecule has 0 nitrogen and oxygen atoms in total. The van der Waals surface area contributed by atoms with Crippen LogP contribution in [0.5, 0.6) is 0 Å². The second-order valence-corrected chi connectivity index (χ2v) is 7.81. The largest absolute Gasteiger partial charge is 0.144 e. The Morgan fingerprint density at radius 1 is 0.667 bits per heavy atom. The molecular weight excluding hydrogens is 328 g/mol. The van der Waals surface area contributed by atoms with Crippen molar-refractivity contribution in [3.8, 4) is 20.9 Å². The van der Waals surface area contributed by atoms with E-state index in [1.165, 1.54) is 41.7 Å². The highest BCUT2D eigenvalue weighted by atomic mass is 32.1. The van der Waals surface area contributed by atoms with Crippen LogP contribution in [0, 0.1) is 0 Å². The van der Waals surface area contributed by atoms with E-state index < -0.39 is 0 Å². The summed E-state index contributed by atoms with van der Waals surface area (Å²) in [5.74, 6) is 0. The molecule has 5 rings (SSSR count). The van der Waals surface area contributed by atoms with Crippen LogP contribution >= 0.6 is 22.7 Å². The molecule has 0 aliphatic heterocycles. The first-order chi connectivity index (χ1) is 11.9. The molecule has 0 atom stereocenters. The van der Waals surface area contributed by atoms with Crippen LogP contribution in [0.25, 0.3) is 41.7 Å². The van der Waals surface area contributed by atoms with Crippen molar-refractivity contribution in [2.75, 3.05) is 0 Å². The van der Waals surface area contributed by atoms with Crippen molar-refractivity contribution in [2.45, 2.75) is 0 Å². The molecular formula is C22H14S2. The summed E-state index contributed by atoms with van der Waals surface area (Å²) in [5, 5.41) is 6.20. The Kier molecular flexibility index (Phi) is 3.25. The number of hydrogen-bond donors (Lipinski definition) is 0. The van der Waals surface area contributed by atoms with Gasteiger partial charge in [0.05, 0.1) is 0 Å². The molecule has 0 fully saturated rings. The molecule has 5 aromatic rings. The molecule has 0 saturated heterocycles. The van der Waals surface area contributed by atoms with Crippen LogP contribution in [-0.2, 0) is 0 Å². The molecule has 0 aliphatic rings. The van der Waals surface area contributed by atoms with Crippen LogP contribution in [0.15, 0.2) is 84.2 Å². The van der Waals surface area contributed by atoms with Crippen molar-refractivity contribution in [3.05, 3.63) is 84.2 Å². The standard InChI is InChI=1S/C22H14S2/c1-2-8-16(9-3-1)22-21(18-11-6-14-23-18)20-17-10-5-4-7-15(17)12-13-19(20)24-22/h1-14H. The van der Waals surface area contributed by atoms with E-state index in [1.54, 1.807) is 0 Å². The molecule has 0 unspecified atom stereocenters. The van der Waals surface area contributed by atoms with Crippen LogP contribution in [0.3, 0.4) is 0 Å². The molecule has 0 amide bonds. The number of fused-ring (bicyclic) bond motifs is 3. The highest BCUT2D eigenvalue weighted by molar-refractivity contribution is 7.24. The summed E-state index contributed by atoms with van der Waals surface area (Å²) >= 11 is 3.72. The Bertz CT molecular complexity index is 1130. The summed E-state index contributed by atoms with van der Waals surface area (Å²) < 4.78 is 1.36. The van der Waals surface area contributed by atoms with E-state index in [-0.39, 0.29) is 0 Å². The molecule has 0 N–H and O–H groups in total. The van der Waals surface area contributed by atoms with E-state index in [0.29, 0.717) is 0 Å². The summed E-state index contributed by atoms with van der Waals surface area (Å²) in [6.45, 7) is 0. The predicted octanol–water partition coefficient (Wildman–Crippen LogP) is 7.45. The molecule has 2 aromatic heterocycles. The Balaban J connectivity index is 1.97. The first kappa shape index (κ1) is 14.0. The van der Waals surface area contributed by atoms with Crippen LogP contribution in [0.2, 0.25) is 0 Å². The Labute approximate surface area is 148 Å². The highest BCUT2D eigenvalue weighted by Crippen LogP contribution is 2.48. The minimum absolute atomic E-state index is 1.30. The smallest absolute Gasteiger partial charge is 0.0442 e. The second-order valence-electron chi connectivity index (χ2n) is 5.81. The monoisotopic (exact) mass is 342 g/mol. The van der Waals surface area contributed by atoms with Crippen molar-refractivity contribution in [2.24, 2.45) is 0 Å². The van der Waals surface area contributed by atoms with E-state index in [9.17, 15) is 0 Å². The van der Waals surface area contributed by atoms with Crippen molar-refractivity contribution in [1.82, 2.24) is 0 Å². The van der Waals surface area contributed by atoms with Gasteiger partial charge in [-0.3, -0.25) is 0 Å². The minimum Gasteiger partial charge on any atom is -0.144 e. The fraction of sp³-hybridized carbons (Fsp3) is 0. The lowest BCUT2D eigenvalue weighted by molar-refractivity contribution is 1.70. The van der Waals surface area contributed by atoms with Gasteiger partial charge in [0.2, 0.25) is 0 Å². The van der Waals surface area contributed by atoms with Crippen molar-refractivity contribution in [1.29, 1.82) is 0 Å². The zero-order chi connectivity index (χ0) is 15.9. The lowest BCUT2D eigenvalue weighted by atomic mass is 9.99. The molecule has 24 heavy (non-hydrogen) atoms. The summed E-state index contributed by atoms with van der Waals surface area (Å²) in [4.78, 5) is 2.71. The van der Waals surface area contributed by atoms with E-state index >= 15 is 0 Å². The number of thiophene rings is 2. The molecule has 2 heteroatoms. The summed E-state index contributed by atoms with van der Waals surface area (Å²) in [5.41, 5.74) is 2.68. The van der Waals surface area contributed by atoms with Crippen molar-refractivity contribution < 1.29 is 0 Å². The molecule has 3 aromatic carbocycles. The number of hydrogen-bond acceptors (Lipinski definition) is 2. The summed E-state index contributed by atoms with van der Waals surface area (Å²) in [6.07, 6.45) is 0. The van der Waals surface area contributed by atoms with Gasteiger partial charge >= 0.3 is 0 Å². The van der Waals surface area contributed by atoms with Crippen molar-refractivity contribution >= 4 is 43.5 Å². The third-order valence-electron chi connectivity index (χ3n) is 4.38. The summed E-state index contributed by atoms with van der Waals surface area (Å²) in [7, 11) is 0. The Morgan fingerprint density at radius 3 is 2.33 bits per heavy atom. The number of benzene rings is 3. The third kappa shape index (κ3) is 2.11. The van der Waals surface area contributed by atoms with Crippen LogP contribution in [-0.4, -0.2) is 0 Å². The van der Waals surface area contributed by atoms with Gasteiger partial charge in [-0.05, 0) is 33.8 Å². The zero-order valence-electron chi connectivity index (χ0n) is 12.9. The van der Waals surface area contributed by atoms with Crippen LogP contribution < -0.4 is 0 Å². The topological polar surface area (TPSA) is 0 Å². The maximum absolute atomic E-state index is 2.27.